The minimum absolute atomic E-state index is 0.00745. The van der Waals surface area contributed by atoms with E-state index < -0.39 is 5.82 Å². The van der Waals surface area contributed by atoms with E-state index in [1.165, 1.54) is 24.1 Å². The molecule has 0 saturated carbocycles. The van der Waals surface area contributed by atoms with E-state index in [1.54, 1.807) is 13.1 Å². The van der Waals surface area contributed by atoms with E-state index in [4.69, 9.17) is 4.74 Å². The van der Waals surface area contributed by atoms with Crippen molar-refractivity contribution >= 4 is 5.91 Å². The predicted molar refractivity (Wildman–Crippen MR) is 68.5 cm³/mol. The third-order valence-corrected chi connectivity index (χ3v) is 2.68. The summed E-state index contributed by atoms with van der Waals surface area (Å²) >= 11 is 0. The first kappa shape index (κ1) is 14.4. The Hall–Kier alpha value is -1.62. The SMILES string of the molecule is CNCCCN(C)C(=O)c1c(F)cccc1OC. The normalized spacial score (nSPS) is 10.2. The lowest BCUT2D eigenvalue weighted by Crippen LogP contribution is -2.30. The van der Waals surface area contributed by atoms with Gasteiger partial charge in [-0.25, -0.2) is 4.39 Å². The lowest BCUT2D eigenvalue weighted by Gasteiger charge is -2.18. The van der Waals surface area contributed by atoms with Gasteiger partial charge >= 0.3 is 0 Å². The second-order valence-corrected chi connectivity index (χ2v) is 4.00. The number of ether oxygens (including phenoxy) is 1. The van der Waals surface area contributed by atoms with Crippen LogP contribution in [0.2, 0.25) is 0 Å². The summed E-state index contributed by atoms with van der Waals surface area (Å²) in [7, 11) is 4.93. The van der Waals surface area contributed by atoms with Gasteiger partial charge in [-0.05, 0) is 32.1 Å². The summed E-state index contributed by atoms with van der Waals surface area (Å²) in [6, 6.07) is 4.36. The number of hydrogen-bond acceptors (Lipinski definition) is 3. The third-order valence-electron chi connectivity index (χ3n) is 2.68. The maximum absolute atomic E-state index is 13.7. The highest BCUT2D eigenvalue weighted by Crippen LogP contribution is 2.22. The number of benzene rings is 1. The van der Waals surface area contributed by atoms with Crippen molar-refractivity contribution in [1.29, 1.82) is 0 Å². The Morgan fingerprint density at radius 1 is 1.50 bits per heavy atom. The maximum atomic E-state index is 13.7. The molecular weight excluding hydrogens is 235 g/mol. The summed E-state index contributed by atoms with van der Waals surface area (Å²) in [6.07, 6.45) is 0.815. The number of methoxy groups -OCH3 is 1. The van der Waals surface area contributed by atoms with Crippen LogP contribution in [-0.4, -0.2) is 45.1 Å². The van der Waals surface area contributed by atoms with E-state index in [-0.39, 0.29) is 17.2 Å². The van der Waals surface area contributed by atoms with Gasteiger partial charge in [0, 0.05) is 13.6 Å². The van der Waals surface area contributed by atoms with Gasteiger partial charge < -0.3 is 15.0 Å². The lowest BCUT2D eigenvalue weighted by atomic mass is 10.1. The molecule has 1 aromatic carbocycles. The average Bonchev–Trinajstić information content (AvgIpc) is 2.37. The molecule has 0 aliphatic rings. The zero-order valence-corrected chi connectivity index (χ0v) is 11.0. The van der Waals surface area contributed by atoms with Crippen molar-refractivity contribution in [3.05, 3.63) is 29.6 Å². The number of halogens is 1. The van der Waals surface area contributed by atoms with Crippen molar-refractivity contribution in [3.63, 3.8) is 0 Å². The number of hydrogen-bond donors (Lipinski definition) is 1. The number of carbonyl (C=O) groups excluding carboxylic acids is 1. The fraction of sp³-hybridized carbons (Fsp3) is 0.462. The molecule has 0 spiro atoms. The van der Waals surface area contributed by atoms with Crippen LogP contribution in [0.25, 0.3) is 0 Å². The standard InChI is InChI=1S/C13H19FN2O2/c1-15-8-5-9-16(2)13(17)12-10(14)6-4-7-11(12)18-3/h4,6-7,15H,5,8-9H2,1-3H3. The van der Waals surface area contributed by atoms with Crippen LogP contribution in [0.5, 0.6) is 5.75 Å². The van der Waals surface area contributed by atoms with Crippen molar-refractivity contribution in [2.24, 2.45) is 0 Å². The molecule has 1 rings (SSSR count). The van der Waals surface area contributed by atoms with Crippen molar-refractivity contribution in [2.75, 3.05) is 34.3 Å². The molecule has 0 aliphatic heterocycles. The Morgan fingerprint density at radius 3 is 2.83 bits per heavy atom. The summed E-state index contributed by atoms with van der Waals surface area (Å²) in [5.74, 6) is -0.652. The van der Waals surface area contributed by atoms with Gasteiger partial charge in [0.05, 0.1) is 7.11 Å². The first-order chi connectivity index (χ1) is 8.61. The second-order valence-electron chi connectivity index (χ2n) is 4.00. The molecule has 0 heterocycles. The summed E-state index contributed by atoms with van der Waals surface area (Å²) in [6.45, 7) is 1.38. The zero-order chi connectivity index (χ0) is 13.5. The van der Waals surface area contributed by atoms with Crippen molar-refractivity contribution in [3.8, 4) is 5.75 Å². The molecule has 0 aliphatic carbocycles. The van der Waals surface area contributed by atoms with Gasteiger partial charge in [-0.3, -0.25) is 4.79 Å². The monoisotopic (exact) mass is 254 g/mol. The molecule has 100 valence electrons. The number of nitrogens with zero attached hydrogens (tertiary/aromatic N) is 1. The van der Waals surface area contributed by atoms with Crippen LogP contribution >= 0.6 is 0 Å². The summed E-state index contributed by atoms with van der Waals surface area (Å²) in [5, 5.41) is 3.00. The van der Waals surface area contributed by atoms with Crippen LogP contribution in [0.15, 0.2) is 18.2 Å². The van der Waals surface area contributed by atoms with Crippen LogP contribution in [0, 0.1) is 5.82 Å². The first-order valence-electron chi connectivity index (χ1n) is 5.84. The van der Waals surface area contributed by atoms with Crippen LogP contribution in [0.4, 0.5) is 4.39 Å². The topological polar surface area (TPSA) is 41.6 Å². The number of carbonyl (C=O) groups is 1. The molecule has 0 fully saturated rings. The highest BCUT2D eigenvalue weighted by molar-refractivity contribution is 5.97. The fourth-order valence-corrected chi connectivity index (χ4v) is 1.67. The molecule has 0 unspecified atom stereocenters. The highest BCUT2D eigenvalue weighted by atomic mass is 19.1. The minimum atomic E-state index is -0.556. The minimum Gasteiger partial charge on any atom is -0.496 e. The summed E-state index contributed by atoms with van der Waals surface area (Å²) in [4.78, 5) is 13.6. The van der Waals surface area contributed by atoms with E-state index in [0.29, 0.717) is 6.54 Å². The van der Waals surface area contributed by atoms with Gasteiger partial charge in [0.25, 0.3) is 5.91 Å². The molecule has 1 amide bonds. The fourth-order valence-electron chi connectivity index (χ4n) is 1.67. The largest absolute Gasteiger partial charge is 0.496 e. The molecule has 0 aromatic heterocycles. The van der Waals surface area contributed by atoms with Gasteiger partial charge in [0.15, 0.2) is 0 Å². The Morgan fingerprint density at radius 2 is 2.22 bits per heavy atom. The van der Waals surface area contributed by atoms with Crippen LogP contribution in [0.3, 0.4) is 0 Å². The van der Waals surface area contributed by atoms with E-state index in [9.17, 15) is 9.18 Å². The van der Waals surface area contributed by atoms with Gasteiger partial charge in [-0.15, -0.1) is 0 Å². The summed E-state index contributed by atoms with van der Waals surface area (Å²) in [5.41, 5.74) is -0.00745. The van der Waals surface area contributed by atoms with E-state index in [2.05, 4.69) is 5.32 Å². The Balaban J connectivity index is 2.83. The molecule has 0 radical (unpaired) electrons. The van der Waals surface area contributed by atoms with Crippen molar-refractivity contribution in [1.82, 2.24) is 10.2 Å². The number of rotatable bonds is 6. The summed E-state index contributed by atoms with van der Waals surface area (Å²) < 4.78 is 18.7. The molecule has 1 N–H and O–H groups in total. The Labute approximate surface area is 107 Å². The molecule has 0 saturated heterocycles. The molecular formula is C13H19FN2O2. The molecule has 5 heteroatoms. The average molecular weight is 254 g/mol. The van der Waals surface area contributed by atoms with Gasteiger partial charge in [-0.1, -0.05) is 6.07 Å². The van der Waals surface area contributed by atoms with Crippen LogP contribution < -0.4 is 10.1 Å². The third kappa shape index (κ3) is 3.43. The second kappa shape index (κ2) is 6.96. The molecule has 1 aromatic rings. The molecule has 4 nitrogen and oxygen atoms in total. The van der Waals surface area contributed by atoms with Gasteiger partial charge in [0.2, 0.25) is 0 Å². The first-order valence-corrected chi connectivity index (χ1v) is 5.84. The Bertz CT molecular complexity index is 410. The molecule has 18 heavy (non-hydrogen) atoms. The maximum Gasteiger partial charge on any atom is 0.260 e. The lowest BCUT2D eigenvalue weighted by molar-refractivity contribution is 0.0785. The number of nitrogens with one attached hydrogen (secondary N) is 1. The highest BCUT2D eigenvalue weighted by Gasteiger charge is 2.20. The smallest absolute Gasteiger partial charge is 0.260 e. The zero-order valence-electron chi connectivity index (χ0n) is 11.0. The number of amides is 1. The van der Waals surface area contributed by atoms with Crippen molar-refractivity contribution < 1.29 is 13.9 Å². The predicted octanol–water partition coefficient (Wildman–Crippen LogP) is 1.52. The van der Waals surface area contributed by atoms with Gasteiger partial charge in [-0.2, -0.15) is 0 Å². The molecule has 0 atom stereocenters. The Kier molecular flexibility index (Phi) is 5.58. The van der Waals surface area contributed by atoms with Crippen LogP contribution in [-0.2, 0) is 0 Å². The van der Waals surface area contributed by atoms with E-state index in [1.807, 2.05) is 7.05 Å². The van der Waals surface area contributed by atoms with Crippen LogP contribution in [0.1, 0.15) is 16.8 Å². The van der Waals surface area contributed by atoms with E-state index in [0.717, 1.165) is 13.0 Å². The quantitative estimate of drug-likeness (QED) is 0.782. The van der Waals surface area contributed by atoms with E-state index >= 15 is 0 Å². The van der Waals surface area contributed by atoms with Gasteiger partial charge in [0.1, 0.15) is 17.1 Å². The molecule has 0 bridgehead atoms. The van der Waals surface area contributed by atoms with Crippen molar-refractivity contribution in [2.45, 2.75) is 6.42 Å².